The van der Waals surface area contributed by atoms with Gasteiger partial charge in [0.2, 0.25) is 0 Å². The van der Waals surface area contributed by atoms with Crippen LogP contribution in [0.25, 0.3) is 0 Å². The molecule has 0 amide bonds. The molecule has 3 heteroatoms. The van der Waals surface area contributed by atoms with Crippen LogP contribution >= 0.6 is 0 Å². The largest absolute Gasteiger partial charge is 0.309 e. The molecule has 2 rings (SSSR count). The molecule has 1 aromatic heterocycles. The summed E-state index contributed by atoms with van der Waals surface area (Å²) in [5, 5.41) is 3.42. The minimum atomic E-state index is 0.505. The first-order chi connectivity index (χ1) is 9.04. The predicted molar refractivity (Wildman–Crippen MR) is 79.9 cm³/mol. The molecule has 1 aliphatic rings. The van der Waals surface area contributed by atoms with Crippen LogP contribution in [0.15, 0.2) is 18.2 Å². The molecular formula is C16H27N3. The summed E-state index contributed by atoms with van der Waals surface area (Å²) in [6.45, 7) is 12.0. The van der Waals surface area contributed by atoms with Gasteiger partial charge in [-0.1, -0.05) is 26.8 Å². The van der Waals surface area contributed by atoms with Gasteiger partial charge < -0.3 is 5.32 Å². The van der Waals surface area contributed by atoms with Crippen molar-refractivity contribution in [3.05, 3.63) is 29.6 Å². The average Bonchev–Trinajstić information content (AvgIpc) is 2.66. The molecule has 0 bridgehead atoms. The molecule has 2 atom stereocenters. The van der Waals surface area contributed by atoms with Gasteiger partial charge in [-0.15, -0.1) is 0 Å². The second kappa shape index (κ2) is 6.49. The molecular weight excluding hydrogens is 234 g/mol. The van der Waals surface area contributed by atoms with Gasteiger partial charge in [0.15, 0.2) is 0 Å². The lowest BCUT2D eigenvalue weighted by Crippen LogP contribution is -2.27. The molecule has 1 saturated heterocycles. The standard InChI is InChI=1S/C16H27N3/c1-12(2)17-9-15-6-5-7-16(18-15)11-19-10-13(3)8-14(19)4/h5-7,12-14,17H,8-11H2,1-4H3. The maximum Gasteiger partial charge on any atom is 0.0547 e. The summed E-state index contributed by atoms with van der Waals surface area (Å²) < 4.78 is 0. The van der Waals surface area contributed by atoms with Crippen LogP contribution in [-0.4, -0.2) is 28.5 Å². The summed E-state index contributed by atoms with van der Waals surface area (Å²) in [5.74, 6) is 0.820. The number of hydrogen-bond donors (Lipinski definition) is 1. The Bertz CT molecular complexity index is 403. The van der Waals surface area contributed by atoms with Crippen LogP contribution in [0.3, 0.4) is 0 Å². The van der Waals surface area contributed by atoms with Crippen molar-refractivity contribution >= 4 is 0 Å². The van der Waals surface area contributed by atoms with Crippen molar-refractivity contribution in [1.29, 1.82) is 0 Å². The highest BCUT2D eigenvalue weighted by Gasteiger charge is 2.26. The van der Waals surface area contributed by atoms with Crippen LogP contribution in [0.4, 0.5) is 0 Å². The molecule has 106 valence electrons. The van der Waals surface area contributed by atoms with Gasteiger partial charge in [0.05, 0.1) is 11.4 Å². The first kappa shape index (κ1) is 14.5. The second-order valence-electron chi connectivity index (χ2n) is 6.28. The van der Waals surface area contributed by atoms with E-state index in [9.17, 15) is 0 Å². The molecule has 0 aliphatic carbocycles. The summed E-state index contributed by atoms with van der Waals surface area (Å²) >= 11 is 0. The van der Waals surface area contributed by atoms with Crippen molar-refractivity contribution in [3.63, 3.8) is 0 Å². The molecule has 2 heterocycles. The van der Waals surface area contributed by atoms with Crippen molar-refractivity contribution in [3.8, 4) is 0 Å². The smallest absolute Gasteiger partial charge is 0.0547 e. The molecule has 0 saturated carbocycles. The number of likely N-dealkylation sites (tertiary alicyclic amines) is 1. The van der Waals surface area contributed by atoms with Crippen molar-refractivity contribution in [2.45, 2.75) is 59.3 Å². The summed E-state index contributed by atoms with van der Waals surface area (Å²) in [7, 11) is 0. The maximum atomic E-state index is 4.76. The van der Waals surface area contributed by atoms with Crippen molar-refractivity contribution < 1.29 is 0 Å². The molecule has 19 heavy (non-hydrogen) atoms. The molecule has 0 spiro atoms. The molecule has 3 nitrogen and oxygen atoms in total. The number of hydrogen-bond acceptors (Lipinski definition) is 3. The number of nitrogens with one attached hydrogen (secondary N) is 1. The van der Waals surface area contributed by atoms with Crippen molar-refractivity contribution in [2.24, 2.45) is 5.92 Å². The molecule has 2 unspecified atom stereocenters. The van der Waals surface area contributed by atoms with Crippen molar-refractivity contribution in [1.82, 2.24) is 15.2 Å². The van der Waals surface area contributed by atoms with E-state index in [2.05, 4.69) is 56.1 Å². The van der Waals surface area contributed by atoms with Gasteiger partial charge in [-0.25, -0.2) is 0 Å². The topological polar surface area (TPSA) is 28.2 Å². The van der Waals surface area contributed by atoms with E-state index in [1.54, 1.807) is 0 Å². The third-order valence-corrected chi connectivity index (χ3v) is 3.83. The van der Waals surface area contributed by atoms with E-state index in [0.717, 1.165) is 24.7 Å². The number of pyridine rings is 1. The van der Waals surface area contributed by atoms with Gasteiger partial charge in [0.25, 0.3) is 0 Å². The highest BCUT2D eigenvalue weighted by atomic mass is 15.2. The van der Waals surface area contributed by atoms with E-state index in [4.69, 9.17) is 4.98 Å². The average molecular weight is 261 g/mol. The SMILES string of the molecule is CC1CC(C)N(Cc2cccc(CNC(C)C)n2)C1. The van der Waals surface area contributed by atoms with Gasteiger partial charge in [0, 0.05) is 31.7 Å². The molecule has 1 aromatic rings. The fourth-order valence-corrected chi connectivity index (χ4v) is 2.84. The van der Waals surface area contributed by atoms with E-state index in [0.29, 0.717) is 12.1 Å². The first-order valence-corrected chi connectivity index (χ1v) is 7.47. The zero-order valence-corrected chi connectivity index (χ0v) is 12.7. The highest BCUT2D eigenvalue weighted by Crippen LogP contribution is 2.23. The fraction of sp³-hybridized carbons (Fsp3) is 0.688. The fourth-order valence-electron chi connectivity index (χ4n) is 2.84. The van der Waals surface area contributed by atoms with Crippen molar-refractivity contribution in [2.75, 3.05) is 6.54 Å². The van der Waals surface area contributed by atoms with E-state index < -0.39 is 0 Å². The van der Waals surface area contributed by atoms with Crippen LogP contribution in [0.5, 0.6) is 0 Å². The Balaban J connectivity index is 1.95. The van der Waals surface area contributed by atoms with Gasteiger partial charge >= 0.3 is 0 Å². The monoisotopic (exact) mass is 261 g/mol. The molecule has 0 radical (unpaired) electrons. The van der Waals surface area contributed by atoms with E-state index in [1.165, 1.54) is 18.7 Å². The van der Waals surface area contributed by atoms with Gasteiger partial charge in [-0.2, -0.15) is 0 Å². The Morgan fingerprint density at radius 3 is 2.68 bits per heavy atom. The normalized spacial score (nSPS) is 24.3. The highest BCUT2D eigenvalue weighted by molar-refractivity contribution is 5.11. The number of nitrogens with zero attached hydrogens (tertiary/aromatic N) is 2. The predicted octanol–water partition coefficient (Wildman–Crippen LogP) is 2.81. The Hall–Kier alpha value is -0.930. The summed E-state index contributed by atoms with van der Waals surface area (Å²) in [6, 6.07) is 7.58. The van der Waals surface area contributed by atoms with Crippen LogP contribution in [0.1, 0.15) is 45.5 Å². The van der Waals surface area contributed by atoms with Gasteiger partial charge in [-0.3, -0.25) is 9.88 Å². The van der Waals surface area contributed by atoms with Gasteiger partial charge in [0.1, 0.15) is 0 Å². The zero-order chi connectivity index (χ0) is 13.8. The Labute approximate surface area is 117 Å². The lowest BCUT2D eigenvalue weighted by atomic mass is 10.1. The summed E-state index contributed by atoms with van der Waals surface area (Å²) in [6.07, 6.45) is 1.31. The van der Waals surface area contributed by atoms with Crippen LogP contribution in [0, 0.1) is 5.92 Å². The first-order valence-electron chi connectivity index (χ1n) is 7.47. The minimum Gasteiger partial charge on any atom is -0.309 e. The van der Waals surface area contributed by atoms with Crippen LogP contribution in [-0.2, 0) is 13.1 Å². The molecule has 1 aliphatic heterocycles. The summed E-state index contributed by atoms with van der Waals surface area (Å²) in [5.41, 5.74) is 2.34. The third-order valence-electron chi connectivity index (χ3n) is 3.83. The number of aromatic nitrogens is 1. The zero-order valence-electron chi connectivity index (χ0n) is 12.7. The van der Waals surface area contributed by atoms with Crippen LogP contribution in [0.2, 0.25) is 0 Å². The Morgan fingerprint density at radius 2 is 2.05 bits per heavy atom. The second-order valence-corrected chi connectivity index (χ2v) is 6.28. The number of rotatable bonds is 5. The van der Waals surface area contributed by atoms with E-state index >= 15 is 0 Å². The third kappa shape index (κ3) is 4.29. The van der Waals surface area contributed by atoms with E-state index in [1.807, 2.05) is 0 Å². The molecule has 1 N–H and O–H groups in total. The minimum absolute atomic E-state index is 0.505. The van der Waals surface area contributed by atoms with Gasteiger partial charge in [-0.05, 0) is 31.4 Å². The maximum absolute atomic E-state index is 4.76. The lowest BCUT2D eigenvalue weighted by Gasteiger charge is -2.20. The Kier molecular flexibility index (Phi) is 4.94. The lowest BCUT2D eigenvalue weighted by molar-refractivity contribution is 0.253. The summed E-state index contributed by atoms with van der Waals surface area (Å²) in [4.78, 5) is 7.31. The molecule has 0 aromatic carbocycles. The molecule has 1 fully saturated rings. The quantitative estimate of drug-likeness (QED) is 0.883. The van der Waals surface area contributed by atoms with Crippen LogP contribution < -0.4 is 5.32 Å². The van der Waals surface area contributed by atoms with E-state index in [-0.39, 0.29) is 0 Å². The Morgan fingerprint density at radius 1 is 1.32 bits per heavy atom.